The lowest BCUT2D eigenvalue weighted by Gasteiger charge is -2.25. The summed E-state index contributed by atoms with van der Waals surface area (Å²) in [5.41, 5.74) is 2.47. The highest BCUT2D eigenvalue weighted by molar-refractivity contribution is 7.18. The first-order chi connectivity index (χ1) is 15.9. The lowest BCUT2D eigenvalue weighted by atomic mass is 9.81. The normalized spacial score (nSPS) is 19.4. The minimum atomic E-state index is -0.272. The molecule has 0 bridgehead atoms. The lowest BCUT2D eigenvalue weighted by molar-refractivity contribution is -0.127. The van der Waals surface area contributed by atoms with Crippen LogP contribution in [0.2, 0.25) is 0 Å². The van der Waals surface area contributed by atoms with Crippen molar-refractivity contribution < 1.29 is 19.1 Å². The molecule has 2 aliphatic rings. The molecule has 33 heavy (non-hydrogen) atoms. The topological polar surface area (TPSA) is 84.9 Å². The fraction of sp³-hybridized carbons (Fsp3) is 0.417. The van der Waals surface area contributed by atoms with E-state index in [0.717, 1.165) is 38.8 Å². The minimum Gasteiger partial charge on any atom is -0.494 e. The summed E-state index contributed by atoms with van der Waals surface area (Å²) in [5, 5.41) is 0.723. The van der Waals surface area contributed by atoms with Crippen molar-refractivity contribution in [3.8, 4) is 11.6 Å². The van der Waals surface area contributed by atoms with Crippen molar-refractivity contribution in [1.29, 1.82) is 0 Å². The summed E-state index contributed by atoms with van der Waals surface area (Å²) < 4.78 is 10.9. The van der Waals surface area contributed by atoms with Gasteiger partial charge in [0, 0.05) is 43.7 Å². The molecule has 1 atom stereocenters. The van der Waals surface area contributed by atoms with E-state index in [4.69, 9.17) is 9.47 Å². The smallest absolute Gasteiger partial charge is 0.233 e. The molecule has 2 aliphatic heterocycles. The van der Waals surface area contributed by atoms with Crippen LogP contribution in [0, 0.1) is 0 Å². The number of pyridine rings is 1. The van der Waals surface area contributed by atoms with Crippen LogP contribution in [0.5, 0.6) is 11.6 Å². The summed E-state index contributed by atoms with van der Waals surface area (Å²) in [6.07, 6.45) is 1.02. The van der Waals surface area contributed by atoms with Crippen LogP contribution in [0.4, 0.5) is 5.69 Å². The van der Waals surface area contributed by atoms with Crippen LogP contribution in [0.1, 0.15) is 30.8 Å². The number of carbonyl (C=O) groups excluding carboxylic acids is 2. The maximum atomic E-state index is 13.5. The third-order valence-electron chi connectivity index (χ3n) is 6.49. The first kappa shape index (κ1) is 21.6. The highest BCUT2D eigenvalue weighted by Crippen LogP contribution is 2.48. The molecule has 9 heteroatoms. The number of methoxy groups -OCH3 is 1. The van der Waals surface area contributed by atoms with Gasteiger partial charge in [-0.05, 0) is 43.2 Å². The van der Waals surface area contributed by atoms with E-state index >= 15 is 0 Å². The van der Waals surface area contributed by atoms with Gasteiger partial charge in [-0.25, -0.2) is 9.97 Å². The summed E-state index contributed by atoms with van der Waals surface area (Å²) in [5.74, 6) is 1.37. The molecule has 4 heterocycles. The molecular formula is C24H26N4O4S. The molecule has 0 saturated carbocycles. The molecule has 5 rings (SSSR count). The van der Waals surface area contributed by atoms with Crippen molar-refractivity contribution in [1.82, 2.24) is 14.9 Å². The second-order valence-corrected chi connectivity index (χ2v) is 9.59. The minimum absolute atomic E-state index is 0.00965. The van der Waals surface area contributed by atoms with Crippen LogP contribution in [0.25, 0.3) is 10.3 Å². The molecule has 3 aromatic rings. The van der Waals surface area contributed by atoms with Gasteiger partial charge < -0.3 is 19.3 Å². The predicted octanol–water partition coefficient (Wildman–Crippen LogP) is 3.18. The Hall–Kier alpha value is -3.20. The first-order valence-corrected chi connectivity index (χ1v) is 11.9. The van der Waals surface area contributed by atoms with E-state index in [1.165, 1.54) is 11.3 Å². The van der Waals surface area contributed by atoms with Gasteiger partial charge in [-0.3, -0.25) is 9.59 Å². The Balaban J connectivity index is 1.45. The number of likely N-dealkylation sites (tertiary alicyclic amines) is 1. The van der Waals surface area contributed by atoms with Gasteiger partial charge in [0.05, 0.1) is 20.1 Å². The summed E-state index contributed by atoms with van der Waals surface area (Å²) in [7, 11) is 1.58. The van der Waals surface area contributed by atoms with Crippen LogP contribution >= 0.6 is 11.3 Å². The quantitative estimate of drug-likeness (QED) is 0.574. The molecule has 0 N–H and O–H groups in total. The van der Waals surface area contributed by atoms with E-state index in [1.807, 2.05) is 41.0 Å². The third-order valence-corrected chi connectivity index (χ3v) is 7.45. The Kier molecular flexibility index (Phi) is 5.44. The SMILES string of the molecule is CCOc1ccc2c(c1)C1(CCN(C(C)=O)C1)CN2C(=O)Cc1nc2ccc(OC)nc2s1. The Morgan fingerprint density at radius 1 is 1.18 bits per heavy atom. The van der Waals surface area contributed by atoms with Crippen molar-refractivity contribution in [2.45, 2.75) is 32.1 Å². The van der Waals surface area contributed by atoms with Crippen LogP contribution in [0.3, 0.4) is 0 Å². The number of nitrogens with zero attached hydrogens (tertiary/aromatic N) is 4. The Morgan fingerprint density at radius 2 is 2.03 bits per heavy atom. The fourth-order valence-corrected chi connectivity index (χ4v) is 5.79. The Bertz CT molecular complexity index is 1240. The number of benzene rings is 1. The summed E-state index contributed by atoms with van der Waals surface area (Å²) in [4.78, 5) is 39.0. The number of rotatable bonds is 5. The van der Waals surface area contributed by atoms with E-state index < -0.39 is 0 Å². The van der Waals surface area contributed by atoms with E-state index in [1.54, 1.807) is 20.1 Å². The molecule has 172 valence electrons. The van der Waals surface area contributed by atoms with E-state index in [0.29, 0.717) is 32.1 Å². The monoisotopic (exact) mass is 466 g/mol. The van der Waals surface area contributed by atoms with Crippen molar-refractivity contribution in [3.05, 3.63) is 40.9 Å². The van der Waals surface area contributed by atoms with Gasteiger partial charge in [-0.1, -0.05) is 11.3 Å². The second kappa shape index (κ2) is 8.30. The maximum Gasteiger partial charge on any atom is 0.233 e. The van der Waals surface area contributed by atoms with Crippen LogP contribution in [0.15, 0.2) is 30.3 Å². The van der Waals surface area contributed by atoms with Gasteiger partial charge in [0.15, 0.2) is 0 Å². The number of thiazole rings is 1. The molecule has 0 aliphatic carbocycles. The van der Waals surface area contributed by atoms with E-state index in [-0.39, 0.29) is 23.7 Å². The van der Waals surface area contributed by atoms with E-state index in [9.17, 15) is 9.59 Å². The maximum absolute atomic E-state index is 13.5. The zero-order chi connectivity index (χ0) is 23.2. The number of hydrogen-bond acceptors (Lipinski definition) is 7. The number of fused-ring (bicyclic) bond motifs is 3. The Morgan fingerprint density at radius 3 is 2.76 bits per heavy atom. The highest BCUT2D eigenvalue weighted by atomic mass is 32.1. The molecule has 1 spiro atoms. The summed E-state index contributed by atoms with van der Waals surface area (Å²) in [6.45, 7) is 5.99. The van der Waals surface area contributed by atoms with Gasteiger partial charge in [-0.2, -0.15) is 0 Å². The van der Waals surface area contributed by atoms with Crippen LogP contribution in [-0.2, 0) is 21.4 Å². The number of aromatic nitrogens is 2. The number of carbonyl (C=O) groups is 2. The molecule has 2 aromatic heterocycles. The number of anilines is 1. The fourth-order valence-electron chi connectivity index (χ4n) is 4.88. The molecule has 1 saturated heterocycles. The summed E-state index contributed by atoms with van der Waals surface area (Å²) in [6, 6.07) is 9.55. The van der Waals surface area contributed by atoms with Crippen molar-refractivity contribution in [2.75, 3.05) is 38.3 Å². The average Bonchev–Trinajstić information content (AvgIpc) is 3.49. The van der Waals surface area contributed by atoms with Crippen molar-refractivity contribution in [3.63, 3.8) is 0 Å². The van der Waals surface area contributed by atoms with Gasteiger partial charge in [0.1, 0.15) is 21.1 Å². The third kappa shape index (κ3) is 3.80. The zero-order valence-corrected chi connectivity index (χ0v) is 19.8. The van der Waals surface area contributed by atoms with Crippen LogP contribution < -0.4 is 14.4 Å². The predicted molar refractivity (Wildman–Crippen MR) is 126 cm³/mol. The van der Waals surface area contributed by atoms with Crippen molar-refractivity contribution >= 4 is 39.2 Å². The first-order valence-electron chi connectivity index (χ1n) is 11.1. The Labute approximate surface area is 196 Å². The number of ether oxygens (including phenoxy) is 2. The standard InChI is InChI=1S/C24H26N4O4S/c1-4-32-16-5-7-19-17(11-16)24(9-10-27(13-24)15(2)29)14-28(19)22(30)12-21-25-18-6-8-20(31-3)26-23(18)33-21/h5-8,11H,4,9-10,12-14H2,1-3H3. The molecular weight excluding hydrogens is 440 g/mol. The van der Waals surface area contributed by atoms with Gasteiger partial charge in [-0.15, -0.1) is 0 Å². The molecule has 1 unspecified atom stereocenters. The molecule has 1 fully saturated rings. The lowest BCUT2D eigenvalue weighted by Crippen LogP contribution is -2.40. The van der Waals surface area contributed by atoms with Gasteiger partial charge in [0.25, 0.3) is 0 Å². The van der Waals surface area contributed by atoms with Crippen LogP contribution in [-0.4, -0.2) is 60.0 Å². The summed E-state index contributed by atoms with van der Waals surface area (Å²) >= 11 is 1.41. The molecule has 8 nitrogen and oxygen atoms in total. The molecule has 2 amide bonds. The second-order valence-electron chi connectivity index (χ2n) is 8.53. The largest absolute Gasteiger partial charge is 0.494 e. The van der Waals surface area contributed by atoms with E-state index in [2.05, 4.69) is 9.97 Å². The van der Waals surface area contributed by atoms with Crippen molar-refractivity contribution in [2.24, 2.45) is 0 Å². The number of amides is 2. The van der Waals surface area contributed by atoms with Gasteiger partial charge >= 0.3 is 0 Å². The number of hydrogen-bond donors (Lipinski definition) is 0. The zero-order valence-electron chi connectivity index (χ0n) is 19.0. The molecule has 0 radical (unpaired) electrons. The molecule has 1 aromatic carbocycles. The van der Waals surface area contributed by atoms with Gasteiger partial charge in [0.2, 0.25) is 17.7 Å². The highest BCUT2D eigenvalue weighted by Gasteiger charge is 2.49. The average molecular weight is 467 g/mol.